The Morgan fingerprint density at radius 1 is 1.24 bits per heavy atom. The first-order chi connectivity index (χ1) is 9.83. The first kappa shape index (κ1) is 15.5. The minimum Gasteiger partial charge on any atom is -0.464 e. The largest absolute Gasteiger partial charge is 0.464 e. The van der Waals surface area contributed by atoms with Crippen molar-refractivity contribution in [1.29, 1.82) is 0 Å². The molecule has 1 aromatic carbocycles. The van der Waals surface area contributed by atoms with Gasteiger partial charge in [-0.1, -0.05) is 0 Å². The molecule has 0 aliphatic heterocycles. The summed E-state index contributed by atoms with van der Waals surface area (Å²) in [7, 11) is -2.03. The van der Waals surface area contributed by atoms with Gasteiger partial charge >= 0.3 is 0 Å². The van der Waals surface area contributed by atoms with Crippen LogP contribution in [0.25, 0.3) is 0 Å². The molecule has 0 aliphatic rings. The van der Waals surface area contributed by atoms with Crippen LogP contribution < -0.4 is 10.0 Å². The molecule has 114 valence electrons. The van der Waals surface area contributed by atoms with Crippen molar-refractivity contribution >= 4 is 15.7 Å². The van der Waals surface area contributed by atoms with Crippen molar-refractivity contribution in [3.8, 4) is 0 Å². The number of rotatable bonds is 5. The van der Waals surface area contributed by atoms with Gasteiger partial charge in [-0.05, 0) is 44.7 Å². The van der Waals surface area contributed by atoms with Crippen molar-refractivity contribution in [2.75, 3.05) is 11.8 Å². The molecule has 0 fully saturated rings. The summed E-state index contributed by atoms with van der Waals surface area (Å²) in [6.45, 7) is 3.66. The third-order valence-electron chi connectivity index (χ3n) is 3.00. The fourth-order valence-corrected chi connectivity index (χ4v) is 3.33. The van der Waals surface area contributed by atoms with Gasteiger partial charge in [-0.3, -0.25) is 4.72 Å². The lowest BCUT2D eigenvalue weighted by atomic mass is 10.2. The van der Waals surface area contributed by atoms with E-state index in [0.717, 1.165) is 0 Å². The maximum atomic E-state index is 13.1. The topological polar surface area (TPSA) is 71.3 Å². The van der Waals surface area contributed by atoms with Crippen molar-refractivity contribution in [3.05, 3.63) is 47.2 Å². The molecule has 0 atom stereocenters. The highest BCUT2D eigenvalue weighted by Crippen LogP contribution is 2.24. The summed E-state index contributed by atoms with van der Waals surface area (Å²) in [5, 5.41) is 2.89. The molecule has 21 heavy (non-hydrogen) atoms. The Kier molecular flexibility index (Phi) is 4.34. The zero-order valence-electron chi connectivity index (χ0n) is 12.0. The number of benzene rings is 1. The molecule has 2 rings (SSSR count). The van der Waals surface area contributed by atoms with E-state index in [4.69, 9.17) is 4.42 Å². The first-order valence-corrected chi connectivity index (χ1v) is 7.84. The Labute approximate surface area is 123 Å². The van der Waals surface area contributed by atoms with E-state index >= 15 is 0 Å². The highest BCUT2D eigenvalue weighted by atomic mass is 32.2. The van der Waals surface area contributed by atoms with Gasteiger partial charge in [0.2, 0.25) is 0 Å². The van der Waals surface area contributed by atoms with Crippen LogP contribution in [0.5, 0.6) is 0 Å². The lowest BCUT2D eigenvalue weighted by molar-refractivity contribution is 0.466. The third-order valence-corrected chi connectivity index (χ3v) is 4.47. The van der Waals surface area contributed by atoms with Crippen LogP contribution in [0.15, 0.2) is 33.6 Å². The predicted octanol–water partition coefficient (Wildman–Crippen LogP) is 2.56. The number of halogens is 1. The number of anilines is 1. The van der Waals surface area contributed by atoms with Crippen LogP contribution in [-0.4, -0.2) is 15.5 Å². The molecule has 0 spiro atoms. The molecule has 1 heterocycles. The molecule has 0 saturated carbocycles. The second kappa shape index (κ2) is 5.87. The molecule has 0 saturated heterocycles. The van der Waals surface area contributed by atoms with Gasteiger partial charge in [0.1, 0.15) is 22.2 Å². The average molecular weight is 312 g/mol. The number of nitrogens with one attached hydrogen (secondary N) is 2. The van der Waals surface area contributed by atoms with Crippen LogP contribution in [0, 0.1) is 19.7 Å². The zero-order chi connectivity index (χ0) is 15.6. The first-order valence-electron chi connectivity index (χ1n) is 6.36. The van der Waals surface area contributed by atoms with Crippen molar-refractivity contribution in [2.24, 2.45) is 0 Å². The van der Waals surface area contributed by atoms with Gasteiger partial charge < -0.3 is 9.73 Å². The van der Waals surface area contributed by atoms with E-state index < -0.39 is 15.8 Å². The molecule has 0 amide bonds. The van der Waals surface area contributed by atoms with Crippen LogP contribution >= 0.6 is 0 Å². The molecule has 0 bridgehead atoms. The van der Waals surface area contributed by atoms with Crippen molar-refractivity contribution in [3.63, 3.8) is 0 Å². The minimum atomic E-state index is -3.77. The van der Waals surface area contributed by atoms with Gasteiger partial charge in [-0.25, -0.2) is 12.8 Å². The number of hydrogen-bond donors (Lipinski definition) is 2. The quantitative estimate of drug-likeness (QED) is 0.890. The fourth-order valence-electron chi connectivity index (χ4n) is 1.99. The van der Waals surface area contributed by atoms with Crippen LogP contribution in [-0.2, 0) is 16.6 Å². The summed E-state index contributed by atoms with van der Waals surface area (Å²) >= 11 is 0. The molecular weight excluding hydrogens is 295 g/mol. The second-order valence-corrected chi connectivity index (χ2v) is 6.38. The highest BCUT2D eigenvalue weighted by molar-refractivity contribution is 7.92. The Balaban J connectivity index is 2.34. The maximum Gasteiger partial charge on any atom is 0.265 e. The van der Waals surface area contributed by atoms with Gasteiger partial charge in [-0.15, -0.1) is 0 Å². The van der Waals surface area contributed by atoms with E-state index in [1.165, 1.54) is 24.3 Å². The highest BCUT2D eigenvalue weighted by Gasteiger charge is 2.22. The predicted molar refractivity (Wildman–Crippen MR) is 78.2 cm³/mol. The smallest absolute Gasteiger partial charge is 0.265 e. The fraction of sp³-hybridized carbons (Fsp3) is 0.286. The Hall–Kier alpha value is -1.86. The van der Waals surface area contributed by atoms with Crippen LogP contribution in [0.3, 0.4) is 0 Å². The molecule has 2 N–H and O–H groups in total. The van der Waals surface area contributed by atoms with Crippen molar-refractivity contribution < 1.29 is 17.2 Å². The number of sulfonamides is 1. The Bertz CT molecular complexity index is 754. The lowest BCUT2D eigenvalue weighted by Crippen LogP contribution is -2.14. The normalized spacial score (nSPS) is 11.6. The van der Waals surface area contributed by atoms with Gasteiger partial charge in [0, 0.05) is 6.07 Å². The standard InChI is InChI=1S/C14H17FN2O3S/c1-9-6-11(15)4-5-13(9)17-21(18,19)14-7-12(8-16-3)20-10(14)2/h4-7,16-17H,8H2,1-3H3. The average Bonchev–Trinajstić information content (AvgIpc) is 2.75. The summed E-state index contributed by atoms with van der Waals surface area (Å²) in [6, 6.07) is 5.35. The van der Waals surface area contributed by atoms with E-state index in [1.54, 1.807) is 20.9 Å². The monoisotopic (exact) mass is 312 g/mol. The van der Waals surface area contributed by atoms with Crippen LogP contribution in [0.1, 0.15) is 17.1 Å². The molecular formula is C14H17FN2O3S. The molecule has 5 nitrogen and oxygen atoms in total. The summed E-state index contributed by atoms with van der Waals surface area (Å²) in [4.78, 5) is 0.0801. The Morgan fingerprint density at radius 3 is 2.57 bits per heavy atom. The molecule has 2 aromatic rings. The van der Waals surface area contributed by atoms with Crippen LogP contribution in [0.2, 0.25) is 0 Å². The minimum absolute atomic E-state index is 0.0801. The van der Waals surface area contributed by atoms with E-state index in [0.29, 0.717) is 29.3 Å². The van der Waals surface area contributed by atoms with Crippen molar-refractivity contribution in [2.45, 2.75) is 25.3 Å². The number of hydrogen-bond acceptors (Lipinski definition) is 4. The summed E-state index contributed by atoms with van der Waals surface area (Å²) in [6.07, 6.45) is 0. The molecule has 0 radical (unpaired) electrons. The van der Waals surface area contributed by atoms with E-state index in [-0.39, 0.29) is 4.90 Å². The van der Waals surface area contributed by atoms with Crippen molar-refractivity contribution in [1.82, 2.24) is 5.32 Å². The van der Waals surface area contributed by atoms with Gasteiger partial charge in [-0.2, -0.15) is 0 Å². The molecule has 0 aliphatic carbocycles. The van der Waals surface area contributed by atoms with E-state index in [1.807, 2.05) is 0 Å². The lowest BCUT2D eigenvalue weighted by Gasteiger charge is -2.09. The molecule has 0 unspecified atom stereocenters. The third kappa shape index (κ3) is 3.43. The number of aryl methyl sites for hydroxylation is 2. The molecule has 7 heteroatoms. The summed E-state index contributed by atoms with van der Waals surface area (Å²) in [5.41, 5.74) is 0.849. The summed E-state index contributed by atoms with van der Waals surface area (Å²) in [5.74, 6) is 0.435. The second-order valence-electron chi connectivity index (χ2n) is 4.73. The molecule has 1 aromatic heterocycles. The van der Waals surface area contributed by atoms with E-state index in [9.17, 15) is 12.8 Å². The van der Waals surface area contributed by atoms with Gasteiger partial charge in [0.15, 0.2) is 0 Å². The zero-order valence-corrected chi connectivity index (χ0v) is 12.8. The van der Waals surface area contributed by atoms with Gasteiger partial charge in [0.05, 0.1) is 12.2 Å². The van der Waals surface area contributed by atoms with Crippen LogP contribution in [0.4, 0.5) is 10.1 Å². The van der Waals surface area contributed by atoms with E-state index in [2.05, 4.69) is 10.0 Å². The Morgan fingerprint density at radius 2 is 1.95 bits per heavy atom. The number of furan rings is 1. The van der Waals surface area contributed by atoms with Gasteiger partial charge in [0.25, 0.3) is 10.0 Å². The SMILES string of the molecule is CNCc1cc(S(=O)(=O)Nc2ccc(F)cc2C)c(C)o1. The summed E-state index contributed by atoms with van der Waals surface area (Å²) < 4.78 is 45.7. The maximum absolute atomic E-state index is 13.1.